The number of carbonyl (C=O) groups is 1. The number of carbonyl (C=O) groups excluding carboxylic acids is 1. The molecular formula is C20H20N2O3. The van der Waals surface area contributed by atoms with E-state index in [0.717, 1.165) is 22.6 Å². The molecule has 128 valence electrons. The van der Waals surface area contributed by atoms with E-state index in [1.807, 2.05) is 69.3 Å². The van der Waals surface area contributed by atoms with Gasteiger partial charge in [-0.1, -0.05) is 17.3 Å². The Hall–Kier alpha value is -3.08. The molecule has 0 atom stereocenters. The van der Waals surface area contributed by atoms with Gasteiger partial charge in [-0.3, -0.25) is 4.79 Å². The van der Waals surface area contributed by atoms with Gasteiger partial charge in [-0.2, -0.15) is 0 Å². The summed E-state index contributed by atoms with van der Waals surface area (Å²) in [6.07, 6.45) is 0.119. The van der Waals surface area contributed by atoms with E-state index in [-0.39, 0.29) is 17.7 Å². The maximum atomic E-state index is 12.3. The van der Waals surface area contributed by atoms with Gasteiger partial charge in [0.25, 0.3) is 5.91 Å². The Balaban J connectivity index is 1.72. The molecule has 0 saturated heterocycles. The lowest BCUT2D eigenvalue weighted by Crippen LogP contribution is -2.12. The fraction of sp³-hybridized carbons (Fsp3) is 0.200. The maximum absolute atomic E-state index is 12.3. The zero-order chi connectivity index (χ0) is 17.8. The highest BCUT2D eigenvalue weighted by Gasteiger charge is 2.14. The fourth-order valence-electron chi connectivity index (χ4n) is 2.41. The monoisotopic (exact) mass is 336 g/mol. The van der Waals surface area contributed by atoms with E-state index in [0.29, 0.717) is 5.76 Å². The zero-order valence-corrected chi connectivity index (χ0v) is 14.4. The molecule has 0 aliphatic rings. The van der Waals surface area contributed by atoms with Crippen molar-refractivity contribution in [3.8, 4) is 17.1 Å². The van der Waals surface area contributed by atoms with Crippen molar-refractivity contribution in [1.82, 2.24) is 5.16 Å². The van der Waals surface area contributed by atoms with E-state index in [1.165, 1.54) is 0 Å². The van der Waals surface area contributed by atoms with Gasteiger partial charge in [-0.05, 0) is 62.7 Å². The molecule has 0 unspecified atom stereocenters. The molecule has 0 radical (unpaired) electrons. The Kier molecular flexibility index (Phi) is 4.84. The maximum Gasteiger partial charge on any atom is 0.277 e. The number of amides is 1. The number of aromatic nitrogens is 1. The Labute approximate surface area is 146 Å². The van der Waals surface area contributed by atoms with Crippen LogP contribution in [0.1, 0.15) is 29.9 Å². The van der Waals surface area contributed by atoms with Gasteiger partial charge in [0.05, 0.1) is 6.10 Å². The molecule has 0 aliphatic heterocycles. The Morgan fingerprint density at radius 2 is 1.88 bits per heavy atom. The summed E-state index contributed by atoms with van der Waals surface area (Å²) in [7, 11) is 0. The molecule has 3 rings (SSSR count). The quantitative estimate of drug-likeness (QED) is 0.734. The number of benzene rings is 2. The van der Waals surface area contributed by atoms with Gasteiger partial charge < -0.3 is 14.6 Å². The summed E-state index contributed by atoms with van der Waals surface area (Å²) in [5.41, 5.74) is 2.87. The number of hydrogen-bond acceptors (Lipinski definition) is 4. The van der Waals surface area contributed by atoms with Crippen LogP contribution in [0.5, 0.6) is 5.75 Å². The van der Waals surface area contributed by atoms with E-state index in [9.17, 15) is 4.79 Å². The van der Waals surface area contributed by atoms with Crippen molar-refractivity contribution in [2.45, 2.75) is 26.9 Å². The highest BCUT2D eigenvalue weighted by Crippen LogP contribution is 2.24. The molecule has 0 fully saturated rings. The molecule has 0 saturated carbocycles. The summed E-state index contributed by atoms with van der Waals surface area (Å²) in [5.74, 6) is 1.02. The van der Waals surface area contributed by atoms with Crippen LogP contribution < -0.4 is 10.1 Å². The van der Waals surface area contributed by atoms with Gasteiger partial charge in [0.1, 0.15) is 5.75 Å². The molecule has 0 bridgehead atoms. The second kappa shape index (κ2) is 7.21. The number of anilines is 1. The number of ether oxygens (including phenoxy) is 1. The van der Waals surface area contributed by atoms with Gasteiger partial charge in [0.2, 0.25) is 0 Å². The topological polar surface area (TPSA) is 64.4 Å². The van der Waals surface area contributed by atoms with Gasteiger partial charge in [0, 0.05) is 17.3 Å². The van der Waals surface area contributed by atoms with E-state index in [2.05, 4.69) is 10.5 Å². The standard InChI is InChI=1S/C20H20N2O3/c1-13(2)24-17-9-7-15(8-10-17)19-12-18(22-25-19)20(23)21-16-6-4-5-14(3)11-16/h4-13H,1-3H3,(H,21,23). The summed E-state index contributed by atoms with van der Waals surface area (Å²) in [4.78, 5) is 12.3. The fourth-order valence-corrected chi connectivity index (χ4v) is 2.41. The lowest BCUT2D eigenvalue weighted by molar-refractivity contribution is 0.101. The normalized spacial score (nSPS) is 10.7. The van der Waals surface area contributed by atoms with Crippen molar-refractivity contribution in [3.05, 3.63) is 65.9 Å². The second-order valence-corrected chi connectivity index (χ2v) is 6.09. The lowest BCUT2D eigenvalue weighted by Gasteiger charge is -2.09. The largest absolute Gasteiger partial charge is 0.491 e. The van der Waals surface area contributed by atoms with Crippen molar-refractivity contribution in [1.29, 1.82) is 0 Å². The SMILES string of the molecule is Cc1cccc(NC(=O)c2cc(-c3ccc(OC(C)C)cc3)on2)c1. The van der Waals surface area contributed by atoms with Gasteiger partial charge in [-0.25, -0.2) is 0 Å². The molecule has 5 heteroatoms. The van der Waals surface area contributed by atoms with Gasteiger partial charge in [-0.15, -0.1) is 0 Å². The lowest BCUT2D eigenvalue weighted by atomic mass is 10.1. The molecule has 1 heterocycles. The van der Waals surface area contributed by atoms with Crippen molar-refractivity contribution in [2.24, 2.45) is 0 Å². The number of aryl methyl sites for hydroxylation is 1. The van der Waals surface area contributed by atoms with E-state index >= 15 is 0 Å². The average Bonchev–Trinajstić information content (AvgIpc) is 3.05. The number of nitrogens with one attached hydrogen (secondary N) is 1. The molecule has 5 nitrogen and oxygen atoms in total. The summed E-state index contributed by atoms with van der Waals surface area (Å²) in [6.45, 7) is 5.92. The first-order valence-corrected chi connectivity index (χ1v) is 8.13. The molecule has 0 spiro atoms. The third-order valence-corrected chi connectivity index (χ3v) is 3.53. The average molecular weight is 336 g/mol. The number of nitrogens with zero attached hydrogens (tertiary/aromatic N) is 1. The minimum absolute atomic E-state index is 0.119. The molecular weight excluding hydrogens is 316 g/mol. The molecule has 3 aromatic rings. The van der Waals surface area contributed by atoms with Crippen LogP contribution in [0, 0.1) is 6.92 Å². The summed E-state index contributed by atoms with van der Waals surface area (Å²) in [6, 6.07) is 16.7. The number of hydrogen-bond donors (Lipinski definition) is 1. The third-order valence-electron chi connectivity index (χ3n) is 3.53. The Morgan fingerprint density at radius 1 is 1.12 bits per heavy atom. The van der Waals surface area contributed by atoms with Crippen LogP contribution in [-0.4, -0.2) is 17.2 Å². The van der Waals surface area contributed by atoms with E-state index in [1.54, 1.807) is 6.07 Å². The molecule has 25 heavy (non-hydrogen) atoms. The van der Waals surface area contributed by atoms with E-state index in [4.69, 9.17) is 9.26 Å². The molecule has 1 N–H and O–H groups in total. The van der Waals surface area contributed by atoms with Crippen LogP contribution >= 0.6 is 0 Å². The second-order valence-electron chi connectivity index (χ2n) is 6.09. The zero-order valence-electron chi connectivity index (χ0n) is 14.4. The predicted molar refractivity (Wildman–Crippen MR) is 96.8 cm³/mol. The van der Waals surface area contributed by atoms with E-state index < -0.39 is 0 Å². The van der Waals surface area contributed by atoms with Crippen molar-refractivity contribution < 1.29 is 14.1 Å². The number of rotatable bonds is 5. The van der Waals surface area contributed by atoms with Crippen LogP contribution in [0.25, 0.3) is 11.3 Å². The van der Waals surface area contributed by atoms with Crippen LogP contribution in [0.2, 0.25) is 0 Å². The van der Waals surface area contributed by atoms with Crippen molar-refractivity contribution in [2.75, 3.05) is 5.32 Å². The third kappa shape index (κ3) is 4.26. The van der Waals surface area contributed by atoms with Crippen LogP contribution in [0.3, 0.4) is 0 Å². The minimum Gasteiger partial charge on any atom is -0.491 e. The summed E-state index contributed by atoms with van der Waals surface area (Å²) >= 11 is 0. The first-order chi connectivity index (χ1) is 12.0. The Bertz CT molecular complexity index is 867. The summed E-state index contributed by atoms with van der Waals surface area (Å²) in [5, 5.41) is 6.68. The molecule has 2 aromatic carbocycles. The molecule has 1 aromatic heterocycles. The van der Waals surface area contributed by atoms with Gasteiger partial charge >= 0.3 is 0 Å². The van der Waals surface area contributed by atoms with Crippen molar-refractivity contribution >= 4 is 11.6 Å². The molecule has 0 aliphatic carbocycles. The summed E-state index contributed by atoms with van der Waals surface area (Å²) < 4.78 is 10.9. The highest BCUT2D eigenvalue weighted by molar-refractivity contribution is 6.03. The van der Waals surface area contributed by atoms with Crippen LogP contribution in [-0.2, 0) is 0 Å². The first-order valence-electron chi connectivity index (χ1n) is 8.13. The minimum atomic E-state index is -0.305. The Morgan fingerprint density at radius 3 is 2.56 bits per heavy atom. The molecule has 1 amide bonds. The van der Waals surface area contributed by atoms with Crippen LogP contribution in [0.4, 0.5) is 5.69 Å². The van der Waals surface area contributed by atoms with Crippen molar-refractivity contribution in [3.63, 3.8) is 0 Å². The smallest absolute Gasteiger partial charge is 0.277 e. The van der Waals surface area contributed by atoms with Gasteiger partial charge in [0.15, 0.2) is 11.5 Å². The van der Waals surface area contributed by atoms with Crippen LogP contribution in [0.15, 0.2) is 59.1 Å². The highest BCUT2D eigenvalue weighted by atomic mass is 16.5. The predicted octanol–water partition coefficient (Wildman–Crippen LogP) is 4.69. The first kappa shape index (κ1) is 16.8.